The molecule has 0 saturated carbocycles. The molecule has 0 fully saturated rings. The first-order valence-corrected chi connectivity index (χ1v) is 5.78. The fraction of sp³-hybridized carbons (Fsp3) is 0.400. The van der Waals surface area contributed by atoms with E-state index < -0.39 is 0 Å². The normalized spacial score (nSPS) is 10.2. The second-order valence-corrected chi connectivity index (χ2v) is 4.17. The third kappa shape index (κ3) is 2.93. The molecular weight excluding hydrogens is 274 g/mol. The summed E-state index contributed by atoms with van der Waals surface area (Å²) in [6.45, 7) is 3.72. The molecule has 0 radical (unpaired) electrons. The van der Waals surface area contributed by atoms with Gasteiger partial charge >= 0.3 is 0 Å². The van der Waals surface area contributed by atoms with Gasteiger partial charge in [-0.1, -0.05) is 15.9 Å². The van der Waals surface area contributed by atoms with Crippen molar-refractivity contribution in [1.82, 2.24) is 0 Å². The molecule has 0 heterocycles. The van der Waals surface area contributed by atoms with Crippen molar-refractivity contribution in [2.75, 3.05) is 24.5 Å². The number of hydrogen-bond donors (Lipinski definition) is 1. The summed E-state index contributed by atoms with van der Waals surface area (Å²) in [5.41, 5.74) is 6.19. The molecular formula is C10H14BrN3O2. The molecule has 1 aromatic carbocycles. The quantitative estimate of drug-likeness (QED) is 0.665. The molecule has 2 N–H and O–H groups in total. The van der Waals surface area contributed by atoms with Crippen molar-refractivity contribution in [2.45, 2.75) is 6.92 Å². The molecule has 0 spiro atoms. The average Bonchev–Trinajstić information content (AvgIpc) is 2.26. The second kappa shape index (κ2) is 5.81. The second-order valence-electron chi connectivity index (χ2n) is 3.26. The molecule has 0 atom stereocenters. The molecule has 0 aromatic heterocycles. The van der Waals surface area contributed by atoms with Crippen LogP contribution in [-0.4, -0.2) is 24.6 Å². The molecule has 0 bridgehead atoms. The zero-order valence-corrected chi connectivity index (χ0v) is 10.6. The summed E-state index contributed by atoms with van der Waals surface area (Å²) < 4.78 is 0.701. The zero-order valence-electron chi connectivity index (χ0n) is 9.02. The Labute approximate surface area is 103 Å². The minimum Gasteiger partial charge on any atom is -0.365 e. The van der Waals surface area contributed by atoms with Gasteiger partial charge in [-0.25, -0.2) is 0 Å². The molecule has 1 rings (SSSR count). The number of benzene rings is 1. The van der Waals surface area contributed by atoms with Crippen molar-refractivity contribution >= 4 is 27.3 Å². The predicted molar refractivity (Wildman–Crippen MR) is 67.7 cm³/mol. The van der Waals surface area contributed by atoms with Crippen LogP contribution in [0.3, 0.4) is 0 Å². The number of halogens is 1. The van der Waals surface area contributed by atoms with Gasteiger partial charge in [0.25, 0.3) is 5.69 Å². The van der Waals surface area contributed by atoms with Gasteiger partial charge in [-0.05, 0) is 19.1 Å². The lowest BCUT2D eigenvalue weighted by atomic mass is 10.2. The Morgan fingerprint density at radius 1 is 1.56 bits per heavy atom. The van der Waals surface area contributed by atoms with Gasteiger partial charge in [-0.2, -0.15) is 0 Å². The van der Waals surface area contributed by atoms with Crippen LogP contribution in [0.4, 0.5) is 11.4 Å². The van der Waals surface area contributed by atoms with E-state index in [-0.39, 0.29) is 10.6 Å². The lowest BCUT2D eigenvalue weighted by molar-refractivity contribution is -0.384. The third-order valence-electron chi connectivity index (χ3n) is 2.26. The van der Waals surface area contributed by atoms with Crippen LogP contribution in [0.5, 0.6) is 0 Å². The van der Waals surface area contributed by atoms with E-state index >= 15 is 0 Å². The number of nitrogens with two attached hydrogens (primary N) is 1. The fourth-order valence-corrected chi connectivity index (χ4v) is 1.86. The molecule has 0 aliphatic carbocycles. The highest BCUT2D eigenvalue weighted by molar-refractivity contribution is 9.10. The smallest absolute Gasteiger partial charge is 0.293 e. The first-order valence-electron chi connectivity index (χ1n) is 4.99. The van der Waals surface area contributed by atoms with Crippen molar-refractivity contribution < 1.29 is 4.92 Å². The molecule has 0 unspecified atom stereocenters. The van der Waals surface area contributed by atoms with Gasteiger partial charge in [0, 0.05) is 30.2 Å². The van der Waals surface area contributed by atoms with Crippen LogP contribution < -0.4 is 10.6 Å². The summed E-state index contributed by atoms with van der Waals surface area (Å²) in [5.74, 6) is 0. The Bertz CT molecular complexity index is 384. The molecule has 1 aromatic rings. The Morgan fingerprint density at radius 3 is 2.75 bits per heavy atom. The minimum atomic E-state index is -0.376. The van der Waals surface area contributed by atoms with E-state index in [1.807, 2.05) is 11.8 Å². The minimum absolute atomic E-state index is 0.102. The standard InChI is InChI=1S/C10H14BrN3O2/c1-2-13(6-5-12)9-4-3-8(11)7-10(9)14(15)16/h3-4,7H,2,5-6,12H2,1H3. The monoisotopic (exact) mass is 287 g/mol. The zero-order chi connectivity index (χ0) is 12.1. The topological polar surface area (TPSA) is 72.4 Å². The molecule has 0 aliphatic rings. The predicted octanol–water partition coefficient (Wildman–Crippen LogP) is 2.14. The van der Waals surface area contributed by atoms with E-state index in [4.69, 9.17) is 5.73 Å². The molecule has 6 heteroatoms. The Kier molecular flexibility index (Phi) is 4.70. The van der Waals surface area contributed by atoms with Gasteiger partial charge in [0.2, 0.25) is 0 Å². The van der Waals surface area contributed by atoms with Crippen molar-refractivity contribution in [1.29, 1.82) is 0 Å². The van der Waals surface area contributed by atoms with Crippen LogP contribution in [0.25, 0.3) is 0 Å². The molecule has 16 heavy (non-hydrogen) atoms. The van der Waals surface area contributed by atoms with E-state index in [0.717, 1.165) is 0 Å². The van der Waals surface area contributed by atoms with Gasteiger partial charge in [0.1, 0.15) is 5.69 Å². The number of nitro benzene ring substituents is 1. The third-order valence-corrected chi connectivity index (χ3v) is 2.75. The van der Waals surface area contributed by atoms with Crippen LogP contribution in [0.1, 0.15) is 6.92 Å². The SMILES string of the molecule is CCN(CCN)c1ccc(Br)cc1[N+](=O)[O-]. The maximum Gasteiger partial charge on any atom is 0.293 e. The van der Waals surface area contributed by atoms with Gasteiger partial charge in [0.05, 0.1) is 4.92 Å². The van der Waals surface area contributed by atoms with E-state index in [2.05, 4.69) is 15.9 Å². The van der Waals surface area contributed by atoms with Crippen LogP contribution >= 0.6 is 15.9 Å². The molecule has 0 saturated heterocycles. The van der Waals surface area contributed by atoms with E-state index in [9.17, 15) is 10.1 Å². The highest BCUT2D eigenvalue weighted by atomic mass is 79.9. The van der Waals surface area contributed by atoms with Crippen LogP contribution in [0.2, 0.25) is 0 Å². The number of likely N-dealkylation sites (N-methyl/N-ethyl adjacent to an activating group) is 1. The van der Waals surface area contributed by atoms with Crippen molar-refractivity contribution in [3.8, 4) is 0 Å². The number of anilines is 1. The maximum absolute atomic E-state index is 10.9. The summed E-state index contributed by atoms with van der Waals surface area (Å²) in [6, 6.07) is 5.04. The number of hydrogen-bond acceptors (Lipinski definition) is 4. The van der Waals surface area contributed by atoms with Gasteiger partial charge in [-0.15, -0.1) is 0 Å². The first kappa shape index (κ1) is 12.9. The lowest BCUT2D eigenvalue weighted by Gasteiger charge is -2.21. The lowest BCUT2D eigenvalue weighted by Crippen LogP contribution is -2.29. The number of nitrogens with zero attached hydrogens (tertiary/aromatic N) is 2. The van der Waals surface area contributed by atoms with Gasteiger partial charge in [-0.3, -0.25) is 10.1 Å². The maximum atomic E-state index is 10.9. The summed E-state index contributed by atoms with van der Waals surface area (Å²) in [4.78, 5) is 12.4. The molecule has 5 nitrogen and oxygen atoms in total. The van der Waals surface area contributed by atoms with E-state index in [1.165, 1.54) is 6.07 Å². The summed E-state index contributed by atoms with van der Waals surface area (Å²) in [7, 11) is 0. The van der Waals surface area contributed by atoms with Crippen LogP contribution in [0, 0.1) is 10.1 Å². The molecule has 88 valence electrons. The average molecular weight is 288 g/mol. The molecule has 0 aliphatic heterocycles. The van der Waals surface area contributed by atoms with Gasteiger partial charge in [0.15, 0.2) is 0 Å². The Morgan fingerprint density at radius 2 is 2.25 bits per heavy atom. The highest BCUT2D eigenvalue weighted by Gasteiger charge is 2.18. The Hall–Kier alpha value is -1.14. The van der Waals surface area contributed by atoms with E-state index in [0.29, 0.717) is 29.8 Å². The number of nitro groups is 1. The van der Waals surface area contributed by atoms with Crippen molar-refractivity contribution in [2.24, 2.45) is 5.73 Å². The first-order chi connectivity index (χ1) is 7.60. The van der Waals surface area contributed by atoms with Crippen LogP contribution in [-0.2, 0) is 0 Å². The summed E-state index contributed by atoms with van der Waals surface area (Å²) in [6.07, 6.45) is 0. The molecule has 0 amide bonds. The van der Waals surface area contributed by atoms with Crippen molar-refractivity contribution in [3.05, 3.63) is 32.8 Å². The Balaban J connectivity index is 3.14. The largest absolute Gasteiger partial charge is 0.365 e. The summed E-state index contributed by atoms with van der Waals surface area (Å²) in [5, 5.41) is 10.9. The highest BCUT2D eigenvalue weighted by Crippen LogP contribution is 2.30. The van der Waals surface area contributed by atoms with Crippen molar-refractivity contribution in [3.63, 3.8) is 0 Å². The van der Waals surface area contributed by atoms with Gasteiger partial charge < -0.3 is 10.6 Å². The van der Waals surface area contributed by atoms with E-state index in [1.54, 1.807) is 12.1 Å². The summed E-state index contributed by atoms with van der Waals surface area (Å²) >= 11 is 3.23. The number of rotatable bonds is 5. The van der Waals surface area contributed by atoms with Crippen LogP contribution in [0.15, 0.2) is 22.7 Å². The fourth-order valence-electron chi connectivity index (χ4n) is 1.51.